The number of carbonyl (C=O) groups excluding carboxylic acids is 2. The Morgan fingerprint density at radius 1 is 1.44 bits per heavy atom. The van der Waals surface area contributed by atoms with Crippen LogP contribution in [-0.2, 0) is 16.1 Å². The molecular weight excluding hydrogens is 232 g/mol. The van der Waals surface area contributed by atoms with E-state index in [1.165, 1.54) is 0 Å². The third-order valence-corrected chi connectivity index (χ3v) is 2.88. The van der Waals surface area contributed by atoms with Gasteiger partial charge in [-0.1, -0.05) is 30.3 Å². The van der Waals surface area contributed by atoms with Crippen molar-refractivity contribution in [2.24, 2.45) is 0 Å². The smallest absolute Gasteiger partial charge is 0.407 e. The molecule has 1 N–H and O–H groups in total. The maximum atomic E-state index is 11.5. The number of likely N-dealkylation sites (tertiary alicyclic amines) is 1. The molecule has 0 spiro atoms. The van der Waals surface area contributed by atoms with Crippen LogP contribution in [0.25, 0.3) is 0 Å². The molecule has 1 saturated heterocycles. The molecule has 5 nitrogen and oxygen atoms in total. The number of amides is 2. The average molecular weight is 248 g/mol. The SMILES string of the molecule is CN1C[C@@H](NC(=O)OCc2ccccc2)CC1=O. The lowest BCUT2D eigenvalue weighted by Crippen LogP contribution is -2.36. The molecule has 5 heteroatoms. The number of benzene rings is 1. The van der Waals surface area contributed by atoms with Crippen LogP contribution in [0.5, 0.6) is 0 Å². The average Bonchev–Trinajstić information content (AvgIpc) is 2.67. The molecule has 0 aromatic heterocycles. The van der Waals surface area contributed by atoms with Crippen molar-refractivity contribution in [1.29, 1.82) is 0 Å². The molecule has 0 radical (unpaired) electrons. The summed E-state index contributed by atoms with van der Waals surface area (Å²) in [7, 11) is 1.72. The van der Waals surface area contributed by atoms with Crippen LogP contribution in [0.4, 0.5) is 4.79 Å². The number of nitrogens with one attached hydrogen (secondary N) is 1. The maximum Gasteiger partial charge on any atom is 0.407 e. The fourth-order valence-electron chi connectivity index (χ4n) is 1.89. The van der Waals surface area contributed by atoms with E-state index in [2.05, 4.69) is 5.32 Å². The molecular formula is C13H16N2O3. The summed E-state index contributed by atoms with van der Waals surface area (Å²) in [5.74, 6) is 0.0448. The van der Waals surface area contributed by atoms with Gasteiger partial charge in [-0.3, -0.25) is 4.79 Å². The summed E-state index contributed by atoms with van der Waals surface area (Å²) < 4.78 is 5.08. The zero-order valence-electron chi connectivity index (χ0n) is 10.3. The topological polar surface area (TPSA) is 58.6 Å². The third-order valence-electron chi connectivity index (χ3n) is 2.88. The lowest BCUT2D eigenvalue weighted by atomic mass is 10.2. The summed E-state index contributed by atoms with van der Waals surface area (Å²) in [6.45, 7) is 0.780. The largest absolute Gasteiger partial charge is 0.445 e. The first-order valence-corrected chi connectivity index (χ1v) is 5.86. The predicted octanol–water partition coefficient (Wildman–Crippen LogP) is 1.14. The number of alkyl carbamates (subject to hydrolysis) is 1. The first-order valence-electron chi connectivity index (χ1n) is 5.86. The fraction of sp³-hybridized carbons (Fsp3) is 0.385. The standard InChI is InChI=1S/C13H16N2O3/c1-15-8-11(7-12(15)16)14-13(17)18-9-10-5-3-2-4-6-10/h2-6,11H,7-9H2,1H3,(H,14,17)/t11-/m0/s1. The van der Waals surface area contributed by atoms with E-state index in [4.69, 9.17) is 4.74 Å². The zero-order chi connectivity index (χ0) is 13.0. The van der Waals surface area contributed by atoms with Gasteiger partial charge in [-0.25, -0.2) is 4.79 Å². The van der Waals surface area contributed by atoms with E-state index in [-0.39, 0.29) is 18.6 Å². The molecule has 1 heterocycles. The van der Waals surface area contributed by atoms with Crippen LogP contribution in [0.3, 0.4) is 0 Å². The molecule has 2 rings (SSSR count). The monoisotopic (exact) mass is 248 g/mol. The number of ether oxygens (including phenoxy) is 1. The molecule has 0 saturated carbocycles. The van der Waals surface area contributed by atoms with Gasteiger partial charge in [0.05, 0.1) is 6.04 Å². The van der Waals surface area contributed by atoms with Crippen LogP contribution in [0, 0.1) is 0 Å². The number of rotatable bonds is 3. The Morgan fingerprint density at radius 2 is 2.17 bits per heavy atom. The van der Waals surface area contributed by atoms with Crippen LogP contribution in [0.2, 0.25) is 0 Å². The van der Waals surface area contributed by atoms with E-state index in [0.29, 0.717) is 13.0 Å². The van der Waals surface area contributed by atoms with Gasteiger partial charge in [0.1, 0.15) is 6.61 Å². The minimum absolute atomic E-state index is 0.0448. The molecule has 0 bridgehead atoms. The molecule has 1 aliphatic rings. The van der Waals surface area contributed by atoms with Crippen LogP contribution >= 0.6 is 0 Å². The molecule has 0 aliphatic carbocycles. The van der Waals surface area contributed by atoms with Crippen LogP contribution in [0.15, 0.2) is 30.3 Å². The van der Waals surface area contributed by atoms with Crippen molar-refractivity contribution in [2.75, 3.05) is 13.6 Å². The Bertz CT molecular complexity index is 433. The van der Waals surface area contributed by atoms with E-state index >= 15 is 0 Å². The number of hydrogen-bond donors (Lipinski definition) is 1. The van der Waals surface area contributed by atoms with Crippen molar-refractivity contribution in [3.63, 3.8) is 0 Å². The summed E-state index contributed by atoms with van der Waals surface area (Å²) in [5.41, 5.74) is 0.937. The quantitative estimate of drug-likeness (QED) is 0.872. The van der Waals surface area contributed by atoms with Gasteiger partial charge in [0, 0.05) is 20.0 Å². The Kier molecular flexibility index (Phi) is 3.82. The number of nitrogens with zero attached hydrogens (tertiary/aromatic N) is 1. The highest BCUT2D eigenvalue weighted by Crippen LogP contribution is 2.08. The minimum atomic E-state index is -0.480. The van der Waals surface area contributed by atoms with Crippen molar-refractivity contribution in [3.05, 3.63) is 35.9 Å². The second-order valence-electron chi connectivity index (χ2n) is 4.38. The van der Waals surface area contributed by atoms with Gasteiger partial charge in [-0.15, -0.1) is 0 Å². The first-order chi connectivity index (χ1) is 8.65. The second-order valence-corrected chi connectivity index (χ2v) is 4.38. The van der Waals surface area contributed by atoms with Crippen molar-refractivity contribution in [1.82, 2.24) is 10.2 Å². The molecule has 1 aromatic carbocycles. The Hall–Kier alpha value is -2.04. The molecule has 0 unspecified atom stereocenters. The fourth-order valence-corrected chi connectivity index (χ4v) is 1.89. The summed E-state index contributed by atoms with van der Waals surface area (Å²) >= 11 is 0. The van der Waals surface area contributed by atoms with Crippen molar-refractivity contribution < 1.29 is 14.3 Å². The van der Waals surface area contributed by atoms with Gasteiger partial charge in [0.2, 0.25) is 5.91 Å². The van der Waals surface area contributed by atoms with Crippen molar-refractivity contribution in [3.8, 4) is 0 Å². The maximum absolute atomic E-state index is 11.5. The second kappa shape index (κ2) is 5.53. The third kappa shape index (κ3) is 3.23. The molecule has 2 amide bonds. The van der Waals surface area contributed by atoms with Crippen LogP contribution in [0.1, 0.15) is 12.0 Å². The lowest BCUT2D eigenvalue weighted by Gasteiger charge is -2.12. The van der Waals surface area contributed by atoms with Crippen molar-refractivity contribution in [2.45, 2.75) is 19.1 Å². The van der Waals surface area contributed by atoms with Crippen LogP contribution in [-0.4, -0.2) is 36.5 Å². The Morgan fingerprint density at radius 3 is 2.78 bits per heavy atom. The van der Waals surface area contributed by atoms with Gasteiger partial charge >= 0.3 is 6.09 Å². The highest BCUT2D eigenvalue weighted by Gasteiger charge is 2.28. The summed E-state index contributed by atoms with van der Waals surface area (Å²) in [6.07, 6.45) is -0.135. The van der Waals surface area contributed by atoms with Gasteiger partial charge in [-0.2, -0.15) is 0 Å². The van der Waals surface area contributed by atoms with Crippen LogP contribution < -0.4 is 5.32 Å². The van der Waals surface area contributed by atoms with E-state index in [1.54, 1.807) is 11.9 Å². The molecule has 1 aromatic rings. The van der Waals surface area contributed by atoms with Crippen molar-refractivity contribution >= 4 is 12.0 Å². The molecule has 1 fully saturated rings. The van der Waals surface area contributed by atoms with E-state index in [9.17, 15) is 9.59 Å². The highest BCUT2D eigenvalue weighted by molar-refractivity contribution is 5.80. The first kappa shape index (κ1) is 12.4. The number of carbonyl (C=O) groups is 2. The summed E-state index contributed by atoms with van der Waals surface area (Å²) in [6, 6.07) is 9.32. The molecule has 18 heavy (non-hydrogen) atoms. The minimum Gasteiger partial charge on any atom is -0.445 e. The predicted molar refractivity (Wildman–Crippen MR) is 65.8 cm³/mol. The molecule has 1 atom stereocenters. The van der Waals surface area contributed by atoms with Gasteiger partial charge in [-0.05, 0) is 5.56 Å². The summed E-state index contributed by atoms with van der Waals surface area (Å²) in [4.78, 5) is 24.4. The summed E-state index contributed by atoms with van der Waals surface area (Å²) in [5, 5.41) is 2.69. The Labute approximate surface area is 106 Å². The molecule has 1 aliphatic heterocycles. The van der Waals surface area contributed by atoms with E-state index < -0.39 is 6.09 Å². The van der Waals surface area contributed by atoms with Gasteiger partial charge in [0.25, 0.3) is 0 Å². The highest BCUT2D eigenvalue weighted by atomic mass is 16.5. The number of hydrogen-bond acceptors (Lipinski definition) is 3. The lowest BCUT2D eigenvalue weighted by molar-refractivity contribution is -0.126. The Balaban J connectivity index is 1.75. The molecule has 96 valence electrons. The van der Waals surface area contributed by atoms with E-state index in [1.807, 2.05) is 30.3 Å². The van der Waals surface area contributed by atoms with Gasteiger partial charge < -0.3 is 15.0 Å². The van der Waals surface area contributed by atoms with E-state index in [0.717, 1.165) is 5.56 Å². The van der Waals surface area contributed by atoms with Gasteiger partial charge in [0.15, 0.2) is 0 Å². The number of likely N-dealkylation sites (N-methyl/N-ethyl adjacent to an activating group) is 1. The zero-order valence-corrected chi connectivity index (χ0v) is 10.3. The normalized spacial score (nSPS) is 18.8.